The molecule has 0 aromatic carbocycles. The van der Waals surface area contributed by atoms with E-state index in [1.54, 1.807) is 22.7 Å². The third-order valence-corrected chi connectivity index (χ3v) is 5.09. The second kappa shape index (κ2) is 6.91. The molecule has 0 spiro atoms. The van der Waals surface area contributed by atoms with E-state index in [9.17, 15) is 4.79 Å². The number of amides is 1. The summed E-state index contributed by atoms with van der Waals surface area (Å²) in [5.74, 6) is 0.610. The predicted octanol–water partition coefficient (Wildman–Crippen LogP) is 3.36. The average molecular weight is 419 g/mol. The minimum Gasteiger partial charge on any atom is -0.494 e. The zero-order valence-electron chi connectivity index (χ0n) is 17.0. The summed E-state index contributed by atoms with van der Waals surface area (Å²) in [6.07, 6.45) is 3.11. The Morgan fingerprint density at radius 3 is 2.69 bits per heavy atom. The third kappa shape index (κ3) is 3.50. The van der Waals surface area contributed by atoms with Gasteiger partial charge in [-0.3, -0.25) is 0 Å². The number of carbonyl (C=O) groups excluding carboxylic acids is 1. The molecule has 0 bridgehead atoms. The second-order valence-electron chi connectivity index (χ2n) is 8.09. The lowest BCUT2D eigenvalue weighted by atomic mass is 10.1. The van der Waals surface area contributed by atoms with Crippen molar-refractivity contribution in [3.63, 3.8) is 0 Å². The Balaban J connectivity index is 1.56. The summed E-state index contributed by atoms with van der Waals surface area (Å²) in [6.45, 7) is 8.60. The molecule has 0 saturated carbocycles. The van der Waals surface area contributed by atoms with Crippen molar-refractivity contribution in [2.45, 2.75) is 39.3 Å². The van der Waals surface area contributed by atoms with E-state index in [0.717, 1.165) is 17.0 Å². The van der Waals surface area contributed by atoms with Crippen LogP contribution in [0.25, 0.3) is 16.8 Å². The smallest absolute Gasteiger partial charge is 0.410 e. The summed E-state index contributed by atoms with van der Waals surface area (Å²) in [7, 11) is 1.59. The van der Waals surface area contributed by atoms with Crippen molar-refractivity contribution in [1.29, 1.82) is 0 Å². The molecule has 1 aliphatic heterocycles. The minimum absolute atomic E-state index is 0.0635. The quantitative estimate of drug-likeness (QED) is 0.648. The summed E-state index contributed by atoms with van der Waals surface area (Å²) >= 11 is 6.20. The molecule has 0 N–H and O–H groups in total. The molecule has 29 heavy (non-hydrogen) atoms. The summed E-state index contributed by atoms with van der Waals surface area (Å²) in [5, 5.41) is 13.5. The topological polar surface area (TPSA) is 86.8 Å². The highest BCUT2D eigenvalue weighted by atomic mass is 35.5. The number of halogens is 1. The molecular weight excluding hydrogens is 396 g/mol. The zero-order chi connectivity index (χ0) is 20.9. The van der Waals surface area contributed by atoms with Crippen LogP contribution < -0.4 is 4.74 Å². The van der Waals surface area contributed by atoms with Gasteiger partial charge in [-0.1, -0.05) is 16.8 Å². The lowest BCUT2D eigenvalue weighted by Gasteiger charge is -2.39. The molecule has 1 fully saturated rings. The first-order valence-corrected chi connectivity index (χ1v) is 9.66. The molecule has 4 rings (SSSR count). The van der Waals surface area contributed by atoms with E-state index < -0.39 is 5.60 Å². The van der Waals surface area contributed by atoms with Crippen LogP contribution in [-0.2, 0) is 4.74 Å². The lowest BCUT2D eigenvalue weighted by Crippen LogP contribution is -2.52. The molecule has 0 atom stereocenters. The molecule has 0 aliphatic carbocycles. The van der Waals surface area contributed by atoms with Crippen LogP contribution in [0.2, 0.25) is 5.02 Å². The first kappa shape index (κ1) is 19.5. The Bertz CT molecular complexity index is 1080. The molecule has 1 aliphatic rings. The van der Waals surface area contributed by atoms with Gasteiger partial charge in [0.1, 0.15) is 22.6 Å². The summed E-state index contributed by atoms with van der Waals surface area (Å²) in [5.41, 5.74) is 2.65. The number of hydrogen-bond donors (Lipinski definition) is 0. The van der Waals surface area contributed by atoms with Gasteiger partial charge in [-0.2, -0.15) is 5.10 Å². The van der Waals surface area contributed by atoms with Crippen LogP contribution in [0, 0.1) is 6.92 Å². The molecule has 3 aromatic rings. The van der Waals surface area contributed by atoms with Crippen molar-refractivity contribution >= 4 is 23.2 Å². The average Bonchev–Trinajstić information content (AvgIpc) is 3.15. The Morgan fingerprint density at radius 2 is 2.03 bits per heavy atom. The molecular formula is C19H23ClN6O3. The number of pyridine rings is 1. The molecule has 1 saturated heterocycles. The highest BCUT2D eigenvalue weighted by Gasteiger charge is 2.36. The Kier molecular flexibility index (Phi) is 4.65. The SMILES string of the molecule is COc1cc(-c2nnn(C3CN(C(=O)OC(C)(C)C)C3)c2C)cn2ncc(Cl)c12. The number of carbonyl (C=O) groups is 1. The first-order valence-electron chi connectivity index (χ1n) is 9.29. The van der Waals surface area contributed by atoms with E-state index in [-0.39, 0.29) is 12.1 Å². The number of rotatable bonds is 3. The van der Waals surface area contributed by atoms with Gasteiger partial charge in [-0.25, -0.2) is 14.0 Å². The first-order chi connectivity index (χ1) is 13.7. The van der Waals surface area contributed by atoms with Crippen molar-refractivity contribution in [2.24, 2.45) is 0 Å². The van der Waals surface area contributed by atoms with E-state index in [1.807, 2.05) is 44.6 Å². The minimum atomic E-state index is -0.508. The summed E-state index contributed by atoms with van der Waals surface area (Å²) < 4.78 is 14.4. The fraction of sp³-hybridized carbons (Fsp3) is 0.474. The fourth-order valence-corrected chi connectivity index (χ4v) is 3.60. The van der Waals surface area contributed by atoms with Crippen LogP contribution in [-0.4, -0.2) is 61.4 Å². The van der Waals surface area contributed by atoms with Crippen molar-refractivity contribution in [2.75, 3.05) is 20.2 Å². The van der Waals surface area contributed by atoms with Crippen molar-refractivity contribution in [1.82, 2.24) is 29.5 Å². The summed E-state index contributed by atoms with van der Waals surface area (Å²) in [4.78, 5) is 13.8. The Morgan fingerprint density at radius 1 is 1.31 bits per heavy atom. The van der Waals surface area contributed by atoms with Gasteiger partial charge >= 0.3 is 6.09 Å². The van der Waals surface area contributed by atoms with E-state index in [1.165, 1.54) is 0 Å². The van der Waals surface area contributed by atoms with Gasteiger partial charge in [0.25, 0.3) is 0 Å². The molecule has 1 amide bonds. The van der Waals surface area contributed by atoms with Crippen molar-refractivity contribution in [3.8, 4) is 17.0 Å². The number of likely N-dealkylation sites (tertiary alicyclic amines) is 1. The van der Waals surface area contributed by atoms with Gasteiger partial charge in [-0.05, 0) is 33.8 Å². The van der Waals surface area contributed by atoms with Gasteiger partial charge in [-0.15, -0.1) is 5.10 Å². The van der Waals surface area contributed by atoms with Gasteiger partial charge in [0.05, 0.1) is 30.1 Å². The van der Waals surface area contributed by atoms with Crippen LogP contribution in [0.4, 0.5) is 4.79 Å². The molecule has 154 valence electrons. The van der Waals surface area contributed by atoms with E-state index in [0.29, 0.717) is 29.4 Å². The third-order valence-electron chi connectivity index (χ3n) is 4.81. The zero-order valence-corrected chi connectivity index (χ0v) is 17.8. The van der Waals surface area contributed by atoms with Crippen LogP contribution in [0.5, 0.6) is 5.75 Å². The number of hydrogen-bond acceptors (Lipinski definition) is 6. The van der Waals surface area contributed by atoms with Crippen molar-refractivity contribution < 1.29 is 14.3 Å². The maximum absolute atomic E-state index is 12.2. The van der Waals surface area contributed by atoms with E-state index in [4.69, 9.17) is 21.1 Å². The highest BCUT2D eigenvalue weighted by molar-refractivity contribution is 6.34. The fourth-order valence-electron chi connectivity index (χ4n) is 3.37. The van der Waals surface area contributed by atoms with Gasteiger partial charge in [0, 0.05) is 24.8 Å². The van der Waals surface area contributed by atoms with Crippen LogP contribution in [0.15, 0.2) is 18.5 Å². The number of nitrogens with zero attached hydrogens (tertiary/aromatic N) is 6. The van der Waals surface area contributed by atoms with E-state index >= 15 is 0 Å². The van der Waals surface area contributed by atoms with Crippen molar-refractivity contribution in [3.05, 3.63) is 29.2 Å². The van der Waals surface area contributed by atoms with E-state index in [2.05, 4.69) is 15.4 Å². The molecule has 9 nitrogen and oxygen atoms in total. The predicted molar refractivity (Wildman–Crippen MR) is 107 cm³/mol. The number of aromatic nitrogens is 5. The standard InChI is InChI=1S/C19H23ClN6O3/c1-11-16(12-6-15(28-5)17-14(20)7-21-25(17)8-12)22-23-26(11)13-9-24(10-13)18(27)29-19(2,3)4/h6-8,13H,9-10H2,1-5H3. The normalized spacial score (nSPS) is 14.9. The molecule has 3 aromatic heterocycles. The molecule has 0 radical (unpaired) electrons. The molecule has 4 heterocycles. The Hall–Kier alpha value is -2.81. The van der Waals surface area contributed by atoms with Gasteiger partial charge in [0.2, 0.25) is 0 Å². The molecule has 0 unspecified atom stereocenters. The van der Waals surface area contributed by atoms with Crippen LogP contribution in [0.1, 0.15) is 32.5 Å². The second-order valence-corrected chi connectivity index (χ2v) is 8.50. The van der Waals surface area contributed by atoms with Crippen LogP contribution >= 0.6 is 11.6 Å². The maximum atomic E-state index is 12.2. The number of fused-ring (bicyclic) bond motifs is 1. The summed E-state index contributed by atoms with van der Waals surface area (Å²) in [6, 6.07) is 1.94. The van der Waals surface area contributed by atoms with Gasteiger partial charge in [0.15, 0.2) is 0 Å². The Labute approximate surface area is 173 Å². The highest BCUT2D eigenvalue weighted by Crippen LogP contribution is 2.33. The molecule has 10 heteroatoms. The lowest BCUT2D eigenvalue weighted by molar-refractivity contribution is -0.000880. The largest absolute Gasteiger partial charge is 0.494 e. The van der Waals surface area contributed by atoms with Gasteiger partial charge < -0.3 is 14.4 Å². The number of ether oxygens (including phenoxy) is 2. The monoisotopic (exact) mass is 418 g/mol. The number of methoxy groups -OCH3 is 1. The maximum Gasteiger partial charge on any atom is 0.410 e. The van der Waals surface area contributed by atoms with Crippen LogP contribution in [0.3, 0.4) is 0 Å².